The number of rotatable bonds is 3. The fraction of sp³-hybridized carbons (Fsp3) is 0.636. The first kappa shape index (κ1) is 11.8. The van der Waals surface area contributed by atoms with Crippen molar-refractivity contribution < 1.29 is 9.59 Å². The van der Waals surface area contributed by atoms with Gasteiger partial charge in [-0.1, -0.05) is 25.5 Å². The molecule has 3 amide bonds. The Bertz CT molecular complexity index is 310. The number of allylic oxidation sites excluding steroid dienone is 1. The van der Waals surface area contributed by atoms with Gasteiger partial charge in [-0.25, -0.2) is 4.79 Å². The number of urea groups is 1. The second-order valence-corrected chi connectivity index (χ2v) is 3.74. The topological polar surface area (TPSA) is 58.2 Å². The molecule has 0 radical (unpaired) electrons. The highest BCUT2D eigenvalue weighted by molar-refractivity contribution is 6.01. The molecule has 0 aromatic carbocycles. The molecule has 0 bridgehead atoms. The van der Waals surface area contributed by atoms with E-state index in [-0.39, 0.29) is 5.91 Å². The maximum atomic E-state index is 11.9. The van der Waals surface area contributed by atoms with Gasteiger partial charge in [-0.05, 0) is 19.8 Å². The monoisotopic (exact) mass is 210 g/mol. The van der Waals surface area contributed by atoms with Crippen molar-refractivity contribution in [1.82, 2.24) is 10.6 Å². The second-order valence-electron chi connectivity index (χ2n) is 3.74. The largest absolute Gasteiger partial charge is 0.336 e. The Morgan fingerprint density at radius 2 is 2.13 bits per heavy atom. The van der Waals surface area contributed by atoms with Crippen molar-refractivity contribution in [3.05, 3.63) is 11.6 Å². The first-order chi connectivity index (χ1) is 7.10. The van der Waals surface area contributed by atoms with Crippen LogP contribution < -0.4 is 10.6 Å². The number of hydrogen-bond donors (Lipinski definition) is 2. The SMILES string of the molecule is CC=C(CC)C1(CC)CNC(=O)NC1=O. The second kappa shape index (κ2) is 4.47. The molecule has 84 valence electrons. The van der Waals surface area contributed by atoms with Crippen LogP contribution in [0.15, 0.2) is 11.6 Å². The van der Waals surface area contributed by atoms with Gasteiger partial charge in [0.05, 0.1) is 5.41 Å². The minimum absolute atomic E-state index is 0.177. The van der Waals surface area contributed by atoms with E-state index >= 15 is 0 Å². The van der Waals surface area contributed by atoms with Gasteiger partial charge in [0.25, 0.3) is 0 Å². The fourth-order valence-electron chi connectivity index (χ4n) is 2.17. The van der Waals surface area contributed by atoms with Crippen LogP contribution in [0, 0.1) is 5.41 Å². The lowest BCUT2D eigenvalue weighted by molar-refractivity contribution is -0.129. The Balaban J connectivity index is 3.04. The maximum Gasteiger partial charge on any atom is 0.321 e. The van der Waals surface area contributed by atoms with E-state index in [1.165, 1.54) is 0 Å². The summed E-state index contributed by atoms with van der Waals surface area (Å²) >= 11 is 0. The maximum absolute atomic E-state index is 11.9. The summed E-state index contributed by atoms with van der Waals surface area (Å²) < 4.78 is 0. The van der Waals surface area contributed by atoms with Crippen molar-refractivity contribution in [2.45, 2.75) is 33.6 Å². The van der Waals surface area contributed by atoms with Crippen molar-refractivity contribution in [3.63, 3.8) is 0 Å². The molecule has 2 N–H and O–H groups in total. The number of imide groups is 1. The van der Waals surface area contributed by atoms with Gasteiger partial charge in [0.1, 0.15) is 0 Å². The molecule has 1 unspecified atom stereocenters. The van der Waals surface area contributed by atoms with E-state index in [4.69, 9.17) is 0 Å². The molecule has 4 heteroatoms. The summed E-state index contributed by atoms with van der Waals surface area (Å²) in [7, 11) is 0. The van der Waals surface area contributed by atoms with Gasteiger partial charge in [-0.2, -0.15) is 0 Å². The summed E-state index contributed by atoms with van der Waals surface area (Å²) in [4.78, 5) is 22.9. The van der Waals surface area contributed by atoms with E-state index in [1.54, 1.807) is 0 Å². The quantitative estimate of drug-likeness (QED) is 0.695. The van der Waals surface area contributed by atoms with Crippen LogP contribution in [0.3, 0.4) is 0 Å². The first-order valence-electron chi connectivity index (χ1n) is 5.35. The predicted octanol–water partition coefficient (Wildman–Crippen LogP) is 1.58. The molecule has 1 saturated heterocycles. The molecule has 1 heterocycles. The van der Waals surface area contributed by atoms with E-state index in [1.807, 2.05) is 26.8 Å². The number of amides is 3. The first-order valence-corrected chi connectivity index (χ1v) is 5.35. The smallest absolute Gasteiger partial charge is 0.321 e. The predicted molar refractivity (Wildman–Crippen MR) is 58.3 cm³/mol. The van der Waals surface area contributed by atoms with Gasteiger partial charge in [-0.15, -0.1) is 0 Å². The van der Waals surface area contributed by atoms with Crippen molar-refractivity contribution in [1.29, 1.82) is 0 Å². The summed E-state index contributed by atoms with van der Waals surface area (Å²) in [5.74, 6) is -0.177. The summed E-state index contributed by atoms with van der Waals surface area (Å²) in [6, 6.07) is -0.393. The van der Waals surface area contributed by atoms with Crippen LogP contribution in [0.1, 0.15) is 33.6 Å². The molecule has 1 atom stereocenters. The van der Waals surface area contributed by atoms with Gasteiger partial charge in [0.15, 0.2) is 0 Å². The number of nitrogens with one attached hydrogen (secondary N) is 2. The number of carbonyl (C=O) groups excluding carboxylic acids is 2. The number of carbonyl (C=O) groups is 2. The van der Waals surface area contributed by atoms with E-state index in [9.17, 15) is 9.59 Å². The van der Waals surface area contributed by atoms with E-state index < -0.39 is 11.4 Å². The highest BCUT2D eigenvalue weighted by Crippen LogP contribution is 2.34. The van der Waals surface area contributed by atoms with Gasteiger partial charge in [0, 0.05) is 6.54 Å². The Labute approximate surface area is 90.1 Å². The molecular formula is C11H18N2O2. The Hall–Kier alpha value is -1.32. The fourth-order valence-corrected chi connectivity index (χ4v) is 2.17. The van der Waals surface area contributed by atoms with Gasteiger partial charge in [0.2, 0.25) is 5.91 Å². The third kappa shape index (κ3) is 1.89. The molecule has 1 rings (SSSR count). The Morgan fingerprint density at radius 3 is 2.53 bits per heavy atom. The Kier molecular flexibility index (Phi) is 3.50. The van der Waals surface area contributed by atoms with Crippen LogP contribution in [0.4, 0.5) is 4.79 Å². The normalized spacial score (nSPS) is 27.3. The molecule has 0 aromatic rings. The third-order valence-corrected chi connectivity index (χ3v) is 3.16. The van der Waals surface area contributed by atoms with Gasteiger partial charge < -0.3 is 5.32 Å². The van der Waals surface area contributed by atoms with Crippen LogP contribution in [0.5, 0.6) is 0 Å². The van der Waals surface area contributed by atoms with Crippen molar-refractivity contribution in [2.75, 3.05) is 6.54 Å². The highest BCUT2D eigenvalue weighted by Gasteiger charge is 2.43. The molecule has 4 nitrogen and oxygen atoms in total. The highest BCUT2D eigenvalue weighted by atomic mass is 16.2. The van der Waals surface area contributed by atoms with Crippen LogP contribution in [-0.2, 0) is 4.79 Å². The van der Waals surface area contributed by atoms with Gasteiger partial charge in [-0.3, -0.25) is 10.1 Å². The summed E-state index contributed by atoms with van der Waals surface area (Å²) in [6.45, 7) is 6.33. The van der Waals surface area contributed by atoms with Crippen molar-refractivity contribution >= 4 is 11.9 Å². The van der Waals surface area contributed by atoms with Crippen molar-refractivity contribution in [2.24, 2.45) is 5.41 Å². The van der Waals surface area contributed by atoms with Crippen LogP contribution in [0.2, 0.25) is 0 Å². The lowest BCUT2D eigenvalue weighted by atomic mass is 9.74. The van der Waals surface area contributed by atoms with Gasteiger partial charge >= 0.3 is 6.03 Å². The molecule has 1 aliphatic rings. The minimum atomic E-state index is -0.544. The standard InChI is InChI=1S/C11H18N2O2/c1-4-8(5-2)11(6-3)7-12-10(15)13-9(11)14/h4H,5-7H2,1-3H3,(H2,12,13,14,15). The van der Waals surface area contributed by atoms with E-state index in [0.717, 1.165) is 12.0 Å². The zero-order chi connectivity index (χ0) is 11.5. The molecule has 1 fully saturated rings. The molecule has 0 saturated carbocycles. The minimum Gasteiger partial charge on any atom is -0.336 e. The lowest BCUT2D eigenvalue weighted by Gasteiger charge is -2.36. The van der Waals surface area contributed by atoms with Crippen LogP contribution >= 0.6 is 0 Å². The lowest BCUT2D eigenvalue weighted by Crippen LogP contribution is -2.59. The Morgan fingerprint density at radius 1 is 1.47 bits per heavy atom. The van der Waals surface area contributed by atoms with Crippen molar-refractivity contribution in [3.8, 4) is 0 Å². The van der Waals surface area contributed by atoms with E-state index in [2.05, 4.69) is 10.6 Å². The summed E-state index contributed by atoms with van der Waals surface area (Å²) in [5, 5.41) is 5.03. The van der Waals surface area contributed by atoms with E-state index in [0.29, 0.717) is 13.0 Å². The average molecular weight is 210 g/mol. The zero-order valence-corrected chi connectivity index (χ0v) is 9.52. The van der Waals surface area contributed by atoms with Crippen LogP contribution in [-0.4, -0.2) is 18.5 Å². The zero-order valence-electron chi connectivity index (χ0n) is 9.52. The molecule has 0 aromatic heterocycles. The van der Waals surface area contributed by atoms with Crippen LogP contribution in [0.25, 0.3) is 0 Å². The average Bonchev–Trinajstić information content (AvgIpc) is 2.23. The molecule has 0 spiro atoms. The summed E-state index contributed by atoms with van der Waals surface area (Å²) in [5.41, 5.74) is 0.541. The third-order valence-electron chi connectivity index (χ3n) is 3.16. The molecule has 0 aliphatic carbocycles. The number of hydrogen-bond acceptors (Lipinski definition) is 2. The molecule has 1 aliphatic heterocycles. The molecule has 15 heavy (non-hydrogen) atoms. The summed E-state index contributed by atoms with van der Waals surface area (Å²) in [6.07, 6.45) is 3.50. The molecular weight excluding hydrogens is 192 g/mol.